The van der Waals surface area contributed by atoms with Crippen molar-refractivity contribution in [2.24, 2.45) is 5.92 Å². The molecule has 2 aliphatic rings. The molecule has 5 nitrogen and oxygen atoms in total. The van der Waals surface area contributed by atoms with E-state index in [0.29, 0.717) is 10.8 Å². The lowest BCUT2D eigenvalue weighted by atomic mass is 9.83. The van der Waals surface area contributed by atoms with Crippen LogP contribution in [0.3, 0.4) is 0 Å². The fourth-order valence-electron chi connectivity index (χ4n) is 3.74. The molecule has 0 aromatic carbocycles. The molecule has 0 radical (unpaired) electrons. The summed E-state index contributed by atoms with van der Waals surface area (Å²) < 4.78 is 6.16. The zero-order valence-electron chi connectivity index (χ0n) is 15.3. The van der Waals surface area contributed by atoms with E-state index in [0.717, 1.165) is 32.1 Å². The van der Waals surface area contributed by atoms with Crippen LogP contribution < -0.4 is 5.32 Å². The molecule has 1 spiro atoms. The molecular weight excluding hydrogens is 336 g/mol. The number of hydrogen-bond acceptors (Lipinski definition) is 4. The number of nitrogens with zero attached hydrogens (tertiary/aromatic N) is 1. The molecule has 1 N–H and O–H groups in total. The summed E-state index contributed by atoms with van der Waals surface area (Å²) in [4.78, 5) is 28.4. The SMILES string of the molecule is CC[C@@H](C)NC(=O)[C@H]1COC2(CCC(C)CC2)N1C(=O)c1cccs1. The van der Waals surface area contributed by atoms with Gasteiger partial charge in [0.25, 0.3) is 5.91 Å². The van der Waals surface area contributed by atoms with E-state index < -0.39 is 11.8 Å². The maximum absolute atomic E-state index is 13.2. The lowest BCUT2D eigenvalue weighted by Crippen LogP contribution is -2.57. The highest BCUT2D eigenvalue weighted by Gasteiger charge is 2.53. The van der Waals surface area contributed by atoms with Crippen molar-refractivity contribution in [3.05, 3.63) is 22.4 Å². The van der Waals surface area contributed by atoms with E-state index in [-0.39, 0.29) is 24.5 Å². The number of carbonyl (C=O) groups excluding carboxylic acids is 2. The summed E-state index contributed by atoms with van der Waals surface area (Å²) >= 11 is 1.42. The molecule has 1 aliphatic carbocycles. The molecule has 2 heterocycles. The smallest absolute Gasteiger partial charge is 0.266 e. The van der Waals surface area contributed by atoms with Crippen LogP contribution in [0, 0.1) is 5.92 Å². The lowest BCUT2D eigenvalue weighted by Gasteiger charge is -2.42. The van der Waals surface area contributed by atoms with E-state index >= 15 is 0 Å². The Morgan fingerprint density at radius 2 is 2.16 bits per heavy atom. The van der Waals surface area contributed by atoms with Gasteiger partial charge in [-0.25, -0.2) is 0 Å². The molecule has 2 atom stereocenters. The second-order valence-electron chi connectivity index (χ2n) is 7.43. The van der Waals surface area contributed by atoms with Gasteiger partial charge < -0.3 is 10.1 Å². The highest BCUT2D eigenvalue weighted by molar-refractivity contribution is 7.12. The standard InChI is InChI=1S/C19H28N2O3S/c1-4-14(3)20-17(22)15-12-24-19(9-7-13(2)8-10-19)21(15)18(23)16-6-5-11-25-16/h5-6,11,13-15H,4,7-10,12H2,1-3H3,(H,20,22)/t13?,14-,15-,19?/m1/s1. The molecule has 1 aromatic rings. The molecule has 0 unspecified atom stereocenters. The number of rotatable bonds is 4. The van der Waals surface area contributed by atoms with E-state index in [1.165, 1.54) is 11.3 Å². The maximum Gasteiger partial charge on any atom is 0.266 e. The van der Waals surface area contributed by atoms with Crippen LogP contribution in [0.1, 0.15) is 62.5 Å². The Morgan fingerprint density at radius 3 is 2.76 bits per heavy atom. The summed E-state index contributed by atoms with van der Waals surface area (Å²) in [6.45, 7) is 6.54. The van der Waals surface area contributed by atoms with Gasteiger partial charge in [-0.2, -0.15) is 0 Å². The van der Waals surface area contributed by atoms with Crippen LogP contribution >= 0.6 is 11.3 Å². The van der Waals surface area contributed by atoms with Crippen LogP contribution in [0.4, 0.5) is 0 Å². The molecule has 2 amide bonds. The minimum Gasteiger partial charge on any atom is -0.353 e. The third kappa shape index (κ3) is 3.60. The molecule has 25 heavy (non-hydrogen) atoms. The quantitative estimate of drug-likeness (QED) is 0.891. The highest BCUT2D eigenvalue weighted by atomic mass is 32.1. The van der Waals surface area contributed by atoms with Crippen molar-refractivity contribution >= 4 is 23.2 Å². The number of amides is 2. The average molecular weight is 365 g/mol. The monoisotopic (exact) mass is 364 g/mol. The topological polar surface area (TPSA) is 58.6 Å². The first kappa shape index (κ1) is 18.4. The maximum atomic E-state index is 13.2. The van der Waals surface area contributed by atoms with Crippen LogP contribution in [0.25, 0.3) is 0 Å². The molecule has 1 saturated carbocycles. The number of nitrogens with one attached hydrogen (secondary N) is 1. The van der Waals surface area contributed by atoms with Crippen LogP contribution in [-0.4, -0.2) is 41.1 Å². The van der Waals surface area contributed by atoms with Gasteiger partial charge in [0.1, 0.15) is 11.8 Å². The predicted octanol–water partition coefficient (Wildman–Crippen LogP) is 3.41. The van der Waals surface area contributed by atoms with Gasteiger partial charge in [0.2, 0.25) is 5.91 Å². The Bertz CT molecular complexity index is 608. The highest BCUT2D eigenvalue weighted by Crippen LogP contribution is 2.43. The normalized spacial score (nSPS) is 30.4. The fraction of sp³-hybridized carbons (Fsp3) is 0.684. The average Bonchev–Trinajstić information content (AvgIpc) is 3.25. The van der Waals surface area contributed by atoms with Crippen LogP contribution in [0.5, 0.6) is 0 Å². The van der Waals surface area contributed by atoms with Crippen LogP contribution in [-0.2, 0) is 9.53 Å². The summed E-state index contributed by atoms with van der Waals surface area (Å²) in [6, 6.07) is 3.25. The molecule has 3 rings (SSSR count). The summed E-state index contributed by atoms with van der Waals surface area (Å²) in [5, 5.41) is 4.92. The van der Waals surface area contributed by atoms with E-state index in [4.69, 9.17) is 4.74 Å². The van der Waals surface area contributed by atoms with Gasteiger partial charge in [0, 0.05) is 6.04 Å². The van der Waals surface area contributed by atoms with E-state index in [1.807, 2.05) is 31.4 Å². The lowest BCUT2D eigenvalue weighted by molar-refractivity contribution is -0.128. The Balaban J connectivity index is 1.87. The minimum absolute atomic E-state index is 0.0774. The summed E-state index contributed by atoms with van der Waals surface area (Å²) in [5.41, 5.74) is -0.620. The van der Waals surface area contributed by atoms with Crippen molar-refractivity contribution in [3.8, 4) is 0 Å². The summed E-state index contributed by atoms with van der Waals surface area (Å²) in [6.07, 6.45) is 4.51. The van der Waals surface area contributed by atoms with Gasteiger partial charge in [0.15, 0.2) is 0 Å². The van der Waals surface area contributed by atoms with E-state index in [1.54, 1.807) is 4.90 Å². The van der Waals surface area contributed by atoms with Crippen molar-refractivity contribution in [1.82, 2.24) is 10.2 Å². The molecule has 1 aromatic heterocycles. The molecule has 1 aliphatic heterocycles. The van der Waals surface area contributed by atoms with Crippen molar-refractivity contribution < 1.29 is 14.3 Å². The van der Waals surface area contributed by atoms with Gasteiger partial charge in [-0.3, -0.25) is 14.5 Å². The third-order valence-electron chi connectivity index (χ3n) is 5.57. The van der Waals surface area contributed by atoms with Crippen molar-refractivity contribution in [2.75, 3.05) is 6.61 Å². The first-order valence-corrected chi connectivity index (χ1v) is 10.2. The molecular formula is C19H28N2O3S. The summed E-state index contributed by atoms with van der Waals surface area (Å²) in [7, 11) is 0. The van der Waals surface area contributed by atoms with E-state index in [2.05, 4.69) is 12.2 Å². The largest absolute Gasteiger partial charge is 0.353 e. The van der Waals surface area contributed by atoms with Gasteiger partial charge >= 0.3 is 0 Å². The molecule has 1 saturated heterocycles. The van der Waals surface area contributed by atoms with Crippen molar-refractivity contribution in [3.63, 3.8) is 0 Å². The van der Waals surface area contributed by atoms with Gasteiger partial charge in [-0.05, 0) is 56.4 Å². The molecule has 138 valence electrons. The second kappa shape index (κ2) is 7.46. The Labute approximate surface area is 153 Å². The number of ether oxygens (including phenoxy) is 1. The van der Waals surface area contributed by atoms with E-state index in [9.17, 15) is 9.59 Å². The van der Waals surface area contributed by atoms with Crippen LogP contribution in [0.2, 0.25) is 0 Å². The molecule has 2 fully saturated rings. The van der Waals surface area contributed by atoms with Gasteiger partial charge in [-0.1, -0.05) is 19.9 Å². The Hall–Kier alpha value is -1.40. The van der Waals surface area contributed by atoms with Gasteiger partial charge in [-0.15, -0.1) is 11.3 Å². The molecule has 6 heteroatoms. The Morgan fingerprint density at radius 1 is 1.44 bits per heavy atom. The summed E-state index contributed by atoms with van der Waals surface area (Å²) in [5.74, 6) is 0.460. The molecule has 0 bridgehead atoms. The number of carbonyl (C=O) groups is 2. The van der Waals surface area contributed by atoms with Crippen LogP contribution in [0.15, 0.2) is 17.5 Å². The zero-order valence-corrected chi connectivity index (χ0v) is 16.1. The zero-order chi connectivity index (χ0) is 18.0. The first-order valence-electron chi connectivity index (χ1n) is 9.28. The first-order chi connectivity index (χ1) is 12.0. The van der Waals surface area contributed by atoms with Crippen molar-refractivity contribution in [2.45, 2.75) is 70.7 Å². The number of hydrogen-bond donors (Lipinski definition) is 1. The fourth-order valence-corrected chi connectivity index (χ4v) is 4.40. The van der Waals surface area contributed by atoms with Crippen molar-refractivity contribution in [1.29, 1.82) is 0 Å². The third-order valence-corrected chi connectivity index (χ3v) is 6.43. The second-order valence-corrected chi connectivity index (χ2v) is 8.37. The number of thiophene rings is 1. The van der Waals surface area contributed by atoms with Gasteiger partial charge in [0.05, 0.1) is 11.5 Å². The predicted molar refractivity (Wildman–Crippen MR) is 98.5 cm³/mol. The Kier molecular flexibility index (Phi) is 5.49. The minimum atomic E-state index is -0.620.